The number of anilines is 1. The second-order valence-electron chi connectivity index (χ2n) is 11.8. The molecule has 1 aliphatic rings. The summed E-state index contributed by atoms with van der Waals surface area (Å²) >= 11 is 1.73. The SMILES string of the molecule is CCC(CC)n1c(Cc2cccs2)nc2cc(C(=O)N[C@@H](CC(C)C)C(=O)N3CCN(c4ccc(F)cc4)CC3)ccc21. The first-order valence-corrected chi connectivity index (χ1v) is 16.3. The first-order valence-electron chi connectivity index (χ1n) is 15.4. The Morgan fingerprint density at radius 2 is 1.72 bits per heavy atom. The fourth-order valence-electron chi connectivity index (χ4n) is 6.04. The van der Waals surface area contributed by atoms with Crippen LogP contribution < -0.4 is 10.2 Å². The summed E-state index contributed by atoms with van der Waals surface area (Å²) in [5.74, 6) is 0.659. The third-order valence-electron chi connectivity index (χ3n) is 8.34. The number of rotatable bonds is 11. The zero-order valence-corrected chi connectivity index (χ0v) is 26.4. The quantitative estimate of drug-likeness (QED) is 0.208. The predicted molar refractivity (Wildman–Crippen MR) is 172 cm³/mol. The molecule has 1 atom stereocenters. The Balaban J connectivity index is 1.32. The zero-order chi connectivity index (χ0) is 30.5. The number of carbonyl (C=O) groups is 2. The van der Waals surface area contributed by atoms with Crippen LogP contribution in [0.1, 0.15) is 74.1 Å². The Morgan fingerprint density at radius 3 is 2.35 bits per heavy atom. The molecule has 0 spiro atoms. The summed E-state index contributed by atoms with van der Waals surface area (Å²) in [5, 5.41) is 5.15. The second-order valence-corrected chi connectivity index (χ2v) is 12.8. The largest absolute Gasteiger partial charge is 0.368 e. The number of hydrogen-bond acceptors (Lipinski definition) is 5. The fourth-order valence-corrected chi connectivity index (χ4v) is 6.74. The summed E-state index contributed by atoms with van der Waals surface area (Å²) in [5.41, 5.74) is 3.29. The molecule has 1 N–H and O–H groups in total. The van der Waals surface area contributed by atoms with Crippen molar-refractivity contribution < 1.29 is 14.0 Å². The van der Waals surface area contributed by atoms with E-state index in [-0.39, 0.29) is 23.5 Å². The minimum Gasteiger partial charge on any atom is -0.368 e. The van der Waals surface area contributed by atoms with Crippen molar-refractivity contribution in [1.29, 1.82) is 0 Å². The molecule has 0 aliphatic carbocycles. The van der Waals surface area contributed by atoms with Crippen LogP contribution in [0.5, 0.6) is 0 Å². The molecule has 2 aromatic heterocycles. The number of amides is 2. The van der Waals surface area contributed by atoms with Gasteiger partial charge in [-0.3, -0.25) is 9.59 Å². The van der Waals surface area contributed by atoms with Gasteiger partial charge in [0.2, 0.25) is 5.91 Å². The lowest BCUT2D eigenvalue weighted by Gasteiger charge is -2.38. The molecule has 3 heterocycles. The normalized spacial score (nSPS) is 14.6. The highest BCUT2D eigenvalue weighted by atomic mass is 32.1. The maximum atomic E-state index is 13.7. The minimum absolute atomic E-state index is 0.0573. The van der Waals surface area contributed by atoms with Crippen LogP contribution in [0.2, 0.25) is 0 Å². The summed E-state index contributed by atoms with van der Waals surface area (Å²) < 4.78 is 15.7. The number of piperazine rings is 1. The van der Waals surface area contributed by atoms with Gasteiger partial charge in [0.05, 0.1) is 11.0 Å². The molecule has 0 unspecified atom stereocenters. The number of nitrogens with zero attached hydrogens (tertiary/aromatic N) is 4. The van der Waals surface area contributed by atoms with Crippen molar-refractivity contribution in [2.24, 2.45) is 5.92 Å². The van der Waals surface area contributed by atoms with Gasteiger partial charge < -0.3 is 19.7 Å². The van der Waals surface area contributed by atoms with E-state index < -0.39 is 6.04 Å². The molecule has 1 fully saturated rings. The molecule has 5 rings (SSSR count). The van der Waals surface area contributed by atoms with Gasteiger partial charge in [0.25, 0.3) is 5.91 Å². The van der Waals surface area contributed by atoms with Crippen LogP contribution in [0.3, 0.4) is 0 Å². The van der Waals surface area contributed by atoms with E-state index in [4.69, 9.17) is 4.98 Å². The first kappa shape index (κ1) is 30.7. The fraction of sp³-hybridized carbons (Fsp3) is 0.441. The molecular weight excluding hydrogens is 561 g/mol. The van der Waals surface area contributed by atoms with Crippen molar-refractivity contribution in [3.05, 3.63) is 82.1 Å². The highest BCUT2D eigenvalue weighted by Gasteiger charge is 2.30. The van der Waals surface area contributed by atoms with E-state index in [1.807, 2.05) is 23.1 Å². The number of imidazole rings is 1. The lowest BCUT2D eigenvalue weighted by Crippen LogP contribution is -2.55. The number of aromatic nitrogens is 2. The molecule has 9 heteroatoms. The lowest BCUT2D eigenvalue weighted by atomic mass is 10.0. The smallest absolute Gasteiger partial charge is 0.252 e. The average Bonchev–Trinajstić information content (AvgIpc) is 3.65. The molecule has 0 saturated carbocycles. The van der Waals surface area contributed by atoms with Crippen molar-refractivity contribution in [3.63, 3.8) is 0 Å². The lowest BCUT2D eigenvalue weighted by molar-refractivity contribution is -0.134. The number of carbonyl (C=O) groups excluding carboxylic acids is 2. The Morgan fingerprint density at radius 1 is 1.00 bits per heavy atom. The Labute approximate surface area is 257 Å². The average molecular weight is 604 g/mol. The molecule has 1 saturated heterocycles. The third-order valence-corrected chi connectivity index (χ3v) is 9.21. The molecule has 7 nitrogen and oxygen atoms in total. The number of fused-ring (bicyclic) bond motifs is 1. The van der Waals surface area contributed by atoms with Crippen LogP contribution in [-0.2, 0) is 11.2 Å². The molecule has 1 aliphatic heterocycles. The van der Waals surface area contributed by atoms with Crippen molar-refractivity contribution >= 4 is 39.9 Å². The summed E-state index contributed by atoms with van der Waals surface area (Å²) in [6.07, 6.45) is 3.31. The van der Waals surface area contributed by atoms with E-state index in [9.17, 15) is 14.0 Å². The topological polar surface area (TPSA) is 70.5 Å². The maximum Gasteiger partial charge on any atom is 0.252 e. The van der Waals surface area contributed by atoms with Gasteiger partial charge in [-0.25, -0.2) is 9.37 Å². The molecular formula is C34H42FN5O2S. The van der Waals surface area contributed by atoms with Crippen molar-refractivity contribution in [2.75, 3.05) is 31.1 Å². The van der Waals surface area contributed by atoms with E-state index >= 15 is 0 Å². The number of halogens is 1. The highest BCUT2D eigenvalue weighted by molar-refractivity contribution is 7.09. The standard InChI is InChI=1S/C34H42FN5O2S/c1-5-26(6-2)40-31-14-9-24(21-29(31)36-32(40)22-28-8-7-19-43-28)33(41)37-30(20-23(3)4)34(42)39-17-15-38(16-18-39)27-12-10-25(35)11-13-27/h7-14,19,21,23,26,30H,5-6,15-18,20,22H2,1-4H3,(H,37,41)/t30-/m0/s1. The van der Waals surface area contributed by atoms with Crippen LogP contribution in [0.25, 0.3) is 11.0 Å². The van der Waals surface area contributed by atoms with Crippen molar-refractivity contribution in [3.8, 4) is 0 Å². The van der Waals surface area contributed by atoms with Crippen LogP contribution >= 0.6 is 11.3 Å². The van der Waals surface area contributed by atoms with Gasteiger partial charge in [0.1, 0.15) is 17.7 Å². The van der Waals surface area contributed by atoms with Crippen LogP contribution in [0.4, 0.5) is 10.1 Å². The predicted octanol–water partition coefficient (Wildman–Crippen LogP) is 6.68. The van der Waals surface area contributed by atoms with E-state index in [1.54, 1.807) is 23.5 Å². The molecule has 4 aromatic rings. The van der Waals surface area contributed by atoms with E-state index in [2.05, 4.69) is 60.0 Å². The summed E-state index contributed by atoms with van der Waals surface area (Å²) in [4.78, 5) is 37.5. The van der Waals surface area contributed by atoms with Gasteiger partial charge in [-0.05, 0) is 79.1 Å². The van der Waals surface area contributed by atoms with E-state index in [0.717, 1.165) is 41.8 Å². The van der Waals surface area contributed by atoms with E-state index in [0.29, 0.717) is 44.2 Å². The zero-order valence-electron chi connectivity index (χ0n) is 25.6. The summed E-state index contributed by atoms with van der Waals surface area (Å²) in [6.45, 7) is 10.9. The van der Waals surface area contributed by atoms with Gasteiger partial charge in [0.15, 0.2) is 0 Å². The van der Waals surface area contributed by atoms with Gasteiger partial charge >= 0.3 is 0 Å². The van der Waals surface area contributed by atoms with Crippen LogP contribution in [0.15, 0.2) is 60.0 Å². The summed E-state index contributed by atoms with van der Waals surface area (Å²) in [6, 6.07) is 16.1. The number of hydrogen-bond donors (Lipinski definition) is 1. The third kappa shape index (κ3) is 7.09. The van der Waals surface area contributed by atoms with Crippen molar-refractivity contribution in [2.45, 2.75) is 65.5 Å². The summed E-state index contributed by atoms with van der Waals surface area (Å²) in [7, 11) is 0. The minimum atomic E-state index is -0.614. The second kappa shape index (κ2) is 13.7. The molecule has 2 amide bonds. The van der Waals surface area contributed by atoms with Gasteiger partial charge in [0, 0.05) is 54.8 Å². The highest BCUT2D eigenvalue weighted by Crippen LogP contribution is 2.28. The monoisotopic (exact) mass is 603 g/mol. The Bertz CT molecular complexity index is 1520. The van der Waals surface area contributed by atoms with E-state index in [1.165, 1.54) is 17.0 Å². The van der Waals surface area contributed by atoms with Gasteiger partial charge in [-0.15, -0.1) is 11.3 Å². The van der Waals surface area contributed by atoms with Gasteiger partial charge in [-0.1, -0.05) is 33.8 Å². The van der Waals surface area contributed by atoms with Crippen molar-refractivity contribution in [1.82, 2.24) is 19.8 Å². The number of thiophene rings is 1. The maximum absolute atomic E-state index is 13.7. The van der Waals surface area contributed by atoms with Crippen LogP contribution in [-0.4, -0.2) is 58.5 Å². The number of benzene rings is 2. The van der Waals surface area contributed by atoms with Gasteiger partial charge in [-0.2, -0.15) is 0 Å². The number of nitrogens with one attached hydrogen (secondary N) is 1. The molecule has 228 valence electrons. The molecule has 0 radical (unpaired) electrons. The molecule has 2 aromatic carbocycles. The first-order chi connectivity index (χ1) is 20.8. The molecule has 43 heavy (non-hydrogen) atoms. The molecule has 0 bridgehead atoms. The Kier molecular flexibility index (Phi) is 9.80. The van der Waals surface area contributed by atoms with Crippen LogP contribution in [0, 0.1) is 11.7 Å². The Hall–Kier alpha value is -3.72.